The van der Waals surface area contributed by atoms with Crippen molar-refractivity contribution in [3.63, 3.8) is 0 Å². The molecule has 0 spiro atoms. The van der Waals surface area contributed by atoms with E-state index in [9.17, 15) is 14.4 Å². The van der Waals surface area contributed by atoms with E-state index in [2.05, 4.69) is 0 Å². The van der Waals surface area contributed by atoms with Crippen LogP contribution in [0.15, 0.2) is 18.2 Å². The highest BCUT2D eigenvalue weighted by Gasteiger charge is 2.35. The largest absolute Gasteiger partial charge is 0.497 e. The zero-order chi connectivity index (χ0) is 14.7. The van der Waals surface area contributed by atoms with Crippen molar-refractivity contribution < 1.29 is 19.1 Å². The van der Waals surface area contributed by atoms with Crippen molar-refractivity contribution in [1.82, 2.24) is 5.43 Å². The molecule has 2 amide bonds. The normalized spacial score (nSPS) is 13.4. The molecule has 7 heteroatoms. The van der Waals surface area contributed by atoms with Gasteiger partial charge >= 0.3 is 0 Å². The lowest BCUT2D eigenvalue weighted by Gasteiger charge is -2.16. The minimum Gasteiger partial charge on any atom is -0.497 e. The third-order valence-electron chi connectivity index (χ3n) is 3.13. The number of amides is 2. The lowest BCUT2D eigenvalue weighted by molar-refractivity contribution is -0.121. The number of nitrogens with two attached hydrogens (primary N) is 1. The molecule has 0 saturated heterocycles. The molecule has 106 valence electrons. The molecule has 1 aromatic carbocycles. The molecular weight excluding hydrogens is 262 g/mol. The van der Waals surface area contributed by atoms with Crippen LogP contribution in [0.1, 0.15) is 23.2 Å². The van der Waals surface area contributed by atoms with E-state index in [1.165, 1.54) is 12.0 Å². The van der Waals surface area contributed by atoms with Crippen molar-refractivity contribution in [3.05, 3.63) is 23.8 Å². The Morgan fingerprint density at radius 3 is 2.80 bits per heavy atom. The van der Waals surface area contributed by atoms with Crippen LogP contribution in [0.3, 0.4) is 0 Å². The number of rotatable bonds is 5. The first kappa shape index (κ1) is 14.0. The van der Waals surface area contributed by atoms with Gasteiger partial charge < -0.3 is 9.64 Å². The number of hydrogen-bond donors (Lipinski definition) is 2. The predicted molar refractivity (Wildman–Crippen MR) is 71.2 cm³/mol. The summed E-state index contributed by atoms with van der Waals surface area (Å²) in [5.74, 6) is 4.06. The maximum absolute atomic E-state index is 11.9. The van der Waals surface area contributed by atoms with Gasteiger partial charge in [0.25, 0.3) is 11.7 Å². The van der Waals surface area contributed by atoms with Gasteiger partial charge in [0.1, 0.15) is 5.75 Å². The number of hydrogen-bond acceptors (Lipinski definition) is 5. The van der Waals surface area contributed by atoms with Crippen LogP contribution >= 0.6 is 0 Å². The molecule has 0 saturated carbocycles. The molecule has 0 aliphatic carbocycles. The number of nitrogens with zero attached hydrogens (tertiary/aromatic N) is 1. The molecule has 0 radical (unpaired) electrons. The maximum Gasteiger partial charge on any atom is 0.299 e. The van der Waals surface area contributed by atoms with Crippen LogP contribution in [0.2, 0.25) is 0 Å². The number of fused-ring (bicyclic) bond motifs is 1. The van der Waals surface area contributed by atoms with Crippen LogP contribution < -0.4 is 20.9 Å². The highest BCUT2D eigenvalue weighted by molar-refractivity contribution is 6.52. The summed E-state index contributed by atoms with van der Waals surface area (Å²) in [5, 5.41) is 0. The molecule has 7 nitrogen and oxygen atoms in total. The molecule has 1 aliphatic rings. The number of hydrazine groups is 1. The number of ether oxygens (including phenoxy) is 1. The van der Waals surface area contributed by atoms with Gasteiger partial charge in [-0.15, -0.1) is 0 Å². The van der Waals surface area contributed by atoms with Gasteiger partial charge in [-0.2, -0.15) is 0 Å². The van der Waals surface area contributed by atoms with E-state index in [-0.39, 0.29) is 18.9 Å². The summed E-state index contributed by atoms with van der Waals surface area (Å²) in [7, 11) is 1.49. The first-order valence-corrected chi connectivity index (χ1v) is 6.12. The standard InChI is InChI=1S/C13H15N3O4/c1-20-8-4-5-10-9(7-8)12(18)13(19)16(10)6-2-3-11(17)15-14/h4-5,7H,2-3,6,14H2,1H3,(H,15,17). The summed E-state index contributed by atoms with van der Waals surface area (Å²) in [6.07, 6.45) is 0.619. The second-order valence-corrected chi connectivity index (χ2v) is 4.34. The van der Waals surface area contributed by atoms with E-state index in [4.69, 9.17) is 10.6 Å². The van der Waals surface area contributed by atoms with Crippen molar-refractivity contribution in [1.29, 1.82) is 0 Å². The minimum absolute atomic E-state index is 0.194. The first-order chi connectivity index (χ1) is 9.58. The SMILES string of the molecule is COc1ccc2c(c1)C(=O)C(=O)N2CCCC(=O)NN. The Morgan fingerprint density at radius 1 is 1.40 bits per heavy atom. The molecule has 0 aromatic heterocycles. The molecule has 0 unspecified atom stereocenters. The number of carbonyl (C=O) groups excluding carboxylic acids is 3. The van der Waals surface area contributed by atoms with E-state index in [0.717, 1.165) is 0 Å². The number of methoxy groups -OCH3 is 1. The summed E-state index contributed by atoms with van der Waals surface area (Å²) in [4.78, 5) is 36.2. The van der Waals surface area contributed by atoms with E-state index in [1.54, 1.807) is 18.2 Å². The first-order valence-electron chi connectivity index (χ1n) is 6.12. The van der Waals surface area contributed by atoms with Gasteiger partial charge in [-0.25, -0.2) is 5.84 Å². The van der Waals surface area contributed by atoms with Crippen LogP contribution in [-0.2, 0) is 9.59 Å². The summed E-state index contributed by atoms with van der Waals surface area (Å²) >= 11 is 0. The Labute approximate surface area is 115 Å². The average molecular weight is 277 g/mol. The number of carbonyl (C=O) groups is 3. The molecule has 0 atom stereocenters. The van der Waals surface area contributed by atoms with E-state index in [1.807, 2.05) is 5.43 Å². The Hall–Kier alpha value is -2.41. The van der Waals surface area contributed by atoms with E-state index in [0.29, 0.717) is 23.4 Å². The van der Waals surface area contributed by atoms with Crippen molar-refractivity contribution >= 4 is 23.3 Å². The van der Waals surface area contributed by atoms with Gasteiger partial charge in [-0.3, -0.25) is 19.8 Å². The van der Waals surface area contributed by atoms with E-state index < -0.39 is 11.7 Å². The van der Waals surface area contributed by atoms with E-state index >= 15 is 0 Å². The fourth-order valence-corrected chi connectivity index (χ4v) is 2.10. The summed E-state index contributed by atoms with van der Waals surface area (Å²) in [6.45, 7) is 0.289. The lowest BCUT2D eigenvalue weighted by atomic mass is 10.1. The number of ketones is 1. The molecule has 20 heavy (non-hydrogen) atoms. The minimum atomic E-state index is -0.582. The molecule has 2 rings (SSSR count). The smallest absolute Gasteiger partial charge is 0.299 e. The number of nitrogens with one attached hydrogen (secondary N) is 1. The van der Waals surface area contributed by atoms with Crippen LogP contribution in [0.25, 0.3) is 0 Å². The summed E-state index contributed by atoms with van der Waals surface area (Å²) < 4.78 is 5.04. The zero-order valence-electron chi connectivity index (χ0n) is 11.0. The van der Waals surface area contributed by atoms with Crippen molar-refractivity contribution in [2.24, 2.45) is 5.84 Å². The molecule has 1 heterocycles. The van der Waals surface area contributed by atoms with Crippen LogP contribution in [0.4, 0.5) is 5.69 Å². The molecule has 1 aromatic rings. The van der Waals surface area contributed by atoms with Crippen LogP contribution in [0, 0.1) is 0 Å². The van der Waals surface area contributed by atoms with Crippen molar-refractivity contribution in [2.45, 2.75) is 12.8 Å². The average Bonchev–Trinajstić information content (AvgIpc) is 2.71. The second-order valence-electron chi connectivity index (χ2n) is 4.34. The highest BCUT2D eigenvalue weighted by atomic mass is 16.5. The predicted octanol–water partition coefficient (Wildman–Crippen LogP) is -0.00540. The number of benzene rings is 1. The molecule has 0 fully saturated rings. The quantitative estimate of drug-likeness (QED) is 0.341. The Balaban J connectivity index is 2.14. The molecule has 3 N–H and O–H groups in total. The van der Waals surface area contributed by atoms with Crippen molar-refractivity contribution in [2.75, 3.05) is 18.6 Å². The molecule has 1 aliphatic heterocycles. The summed E-state index contributed by atoms with van der Waals surface area (Å²) in [6, 6.07) is 4.90. The highest BCUT2D eigenvalue weighted by Crippen LogP contribution is 2.32. The Bertz CT molecular complexity index is 571. The maximum atomic E-state index is 11.9. The van der Waals surface area contributed by atoms with Gasteiger partial charge in [0.05, 0.1) is 18.4 Å². The molecule has 0 bridgehead atoms. The van der Waals surface area contributed by atoms with Gasteiger partial charge in [0.2, 0.25) is 5.91 Å². The molecular formula is C13H15N3O4. The summed E-state index contributed by atoms with van der Waals surface area (Å²) in [5.41, 5.74) is 2.90. The Kier molecular flexibility index (Phi) is 3.99. The third-order valence-corrected chi connectivity index (χ3v) is 3.13. The van der Waals surface area contributed by atoms with Gasteiger partial charge in [0, 0.05) is 13.0 Å². The fourth-order valence-electron chi connectivity index (χ4n) is 2.10. The fraction of sp³-hybridized carbons (Fsp3) is 0.308. The monoisotopic (exact) mass is 277 g/mol. The Morgan fingerprint density at radius 2 is 2.15 bits per heavy atom. The van der Waals surface area contributed by atoms with Crippen LogP contribution in [-0.4, -0.2) is 31.3 Å². The second kappa shape index (κ2) is 5.70. The number of Topliss-reactive ketones (excluding diaryl/α,β-unsaturated/α-hetero) is 1. The lowest BCUT2D eigenvalue weighted by Crippen LogP contribution is -2.33. The zero-order valence-corrected chi connectivity index (χ0v) is 11.0. The topological polar surface area (TPSA) is 102 Å². The third kappa shape index (κ3) is 2.48. The van der Waals surface area contributed by atoms with Crippen LogP contribution in [0.5, 0.6) is 5.75 Å². The number of anilines is 1. The van der Waals surface area contributed by atoms with Gasteiger partial charge in [-0.05, 0) is 24.6 Å². The van der Waals surface area contributed by atoms with Gasteiger partial charge in [0.15, 0.2) is 0 Å². The van der Waals surface area contributed by atoms with Crippen molar-refractivity contribution in [3.8, 4) is 5.75 Å². The van der Waals surface area contributed by atoms with Gasteiger partial charge in [-0.1, -0.05) is 0 Å².